The highest BCUT2D eigenvalue weighted by atomic mass is 16.7. The third-order valence-electron chi connectivity index (χ3n) is 16.8. The van der Waals surface area contributed by atoms with E-state index in [-0.39, 0.29) is 52.1 Å². The third kappa shape index (κ3) is 5.84. The summed E-state index contributed by atoms with van der Waals surface area (Å²) in [6.45, 7) is 15.1. The van der Waals surface area contributed by atoms with Crippen LogP contribution in [0.5, 0.6) is 0 Å². The van der Waals surface area contributed by atoms with Crippen LogP contribution in [-0.2, 0) is 23.7 Å². The Morgan fingerprint density at radius 1 is 0.796 bits per heavy atom. The molecule has 7 aliphatic rings. The molecule has 54 heavy (non-hydrogen) atoms. The zero-order valence-corrected chi connectivity index (χ0v) is 33.1. The van der Waals surface area contributed by atoms with Crippen molar-refractivity contribution in [1.82, 2.24) is 0 Å². The molecule has 0 aromatic heterocycles. The summed E-state index contributed by atoms with van der Waals surface area (Å²) in [5, 5.41) is 84.7. The number of aliphatic hydroxyl groups is 8. The number of esters is 1. The number of hydrogen-bond donors (Lipinski definition) is 8. The maximum absolute atomic E-state index is 14.5. The lowest BCUT2D eigenvalue weighted by atomic mass is 9.33. The minimum atomic E-state index is -1.62. The molecule has 5 aliphatic carbocycles. The Labute approximate surface area is 319 Å². The summed E-state index contributed by atoms with van der Waals surface area (Å²) in [5.41, 5.74) is -1.26. The highest BCUT2D eigenvalue weighted by Gasteiger charge is 2.72. The predicted molar refractivity (Wildman–Crippen MR) is 193 cm³/mol. The third-order valence-corrected chi connectivity index (χ3v) is 16.8. The molecule has 6 fully saturated rings. The van der Waals surface area contributed by atoms with E-state index < -0.39 is 84.8 Å². The van der Waals surface area contributed by atoms with Crippen molar-refractivity contribution in [2.24, 2.45) is 50.2 Å². The van der Waals surface area contributed by atoms with Crippen LogP contribution in [0.15, 0.2) is 11.6 Å². The van der Waals surface area contributed by atoms with Gasteiger partial charge < -0.3 is 59.8 Å². The molecule has 13 heteroatoms. The van der Waals surface area contributed by atoms with Crippen LogP contribution in [0.4, 0.5) is 0 Å². The van der Waals surface area contributed by atoms with Crippen molar-refractivity contribution in [3.63, 3.8) is 0 Å². The Morgan fingerprint density at radius 2 is 1.48 bits per heavy atom. The summed E-state index contributed by atoms with van der Waals surface area (Å²) < 4.78 is 23.6. The van der Waals surface area contributed by atoms with Crippen LogP contribution in [0.1, 0.15) is 106 Å². The van der Waals surface area contributed by atoms with E-state index in [0.717, 1.165) is 25.7 Å². The number of carbonyl (C=O) groups is 1. The number of aliphatic hydroxyl groups excluding tert-OH is 8. The SMILES string of the molecule is CC1(C)CC[C@]2(C(=O)O[C@@H]3OC[C@H](O)[C@H](O)[C@H]3O)[C@H](O)C[C@]3(C)C(=CC[C@@H]4[C@@]5(C)CC[C@H](O[C@@H]6O[C@H](CO)[C@@H](O)[C@H](O)[C@H]6O)C(C)(C)[C@@H]5CC[C@]43C)[C@@H]2C1. The summed E-state index contributed by atoms with van der Waals surface area (Å²) in [7, 11) is 0. The lowest BCUT2D eigenvalue weighted by Crippen LogP contribution is -2.68. The second-order valence-corrected chi connectivity index (χ2v) is 20.3. The summed E-state index contributed by atoms with van der Waals surface area (Å²) in [5.74, 6) is -0.445. The van der Waals surface area contributed by atoms with Gasteiger partial charge in [0.05, 0.1) is 25.4 Å². The normalized spacial score (nSPS) is 53.9. The van der Waals surface area contributed by atoms with Crippen LogP contribution in [0.3, 0.4) is 0 Å². The Balaban J connectivity index is 1.18. The molecular formula is C41H66O13. The van der Waals surface area contributed by atoms with Gasteiger partial charge >= 0.3 is 5.97 Å². The zero-order valence-electron chi connectivity index (χ0n) is 33.1. The Morgan fingerprint density at radius 3 is 2.17 bits per heavy atom. The molecule has 8 N–H and O–H groups in total. The van der Waals surface area contributed by atoms with E-state index in [2.05, 4.69) is 54.5 Å². The lowest BCUT2D eigenvalue weighted by Gasteiger charge is -2.71. The summed E-state index contributed by atoms with van der Waals surface area (Å²) in [6, 6.07) is 0. The Kier molecular flexibility index (Phi) is 10.4. The van der Waals surface area contributed by atoms with Crippen LogP contribution in [-0.4, -0.2) is 128 Å². The van der Waals surface area contributed by atoms with Crippen LogP contribution in [0, 0.1) is 50.2 Å². The van der Waals surface area contributed by atoms with Crippen LogP contribution < -0.4 is 0 Å². The molecule has 0 spiro atoms. The van der Waals surface area contributed by atoms with Crippen molar-refractivity contribution in [2.45, 2.75) is 174 Å². The first kappa shape index (κ1) is 40.9. The van der Waals surface area contributed by atoms with Crippen molar-refractivity contribution in [2.75, 3.05) is 13.2 Å². The van der Waals surface area contributed by atoms with Gasteiger partial charge in [-0.25, -0.2) is 0 Å². The van der Waals surface area contributed by atoms with Crippen molar-refractivity contribution in [1.29, 1.82) is 0 Å². The van der Waals surface area contributed by atoms with E-state index in [9.17, 15) is 45.6 Å². The molecule has 0 amide bonds. The van der Waals surface area contributed by atoms with Gasteiger partial charge in [0, 0.05) is 0 Å². The quantitative estimate of drug-likeness (QED) is 0.114. The van der Waals surface area contributed by atoms with E-state index >= 15 is 0 Å². The largest absolute Gasteiger partial charge is 0.432 e. The number of ether oxygens (including phenoxy) is 4. The molecule has 7 rings (SSSR count). The molecule has 0 bridgehead atoms. The van der Waals surface area contributed by atoms with E-state index in [0.29, 0.717) is 32.1 Å². The fourth-order valence-electron chi connectivity index (χ4n) is 13.4. The monoisotopic (exact) mass is 766 g/mol. The van der Waals surface area contributed by atoms with Gasteiger partial charge in [0.15, 0.2) is 6.29 Å². The predicted octanol–water partition coefficient (Wildman–Crippen LogP) is 1.93. The number of hydrogen-bond acceptors (Lipinski definition) is 13. The summed E-state index contributed by atoms with van der Waals surface area (Å²) >= 11 is 0. The second-order valence-electron chi connectivity index (χ2n) is 20.3. The summed E-state index contributed by atoms with van der Waals surface area (Å²) in [4.78, 5) is 14.5. The fraction of sp³-hybridized carbons (Fsp3) is 0.927. The van der Waals surface area contributed by atoms with Gasteiger partial charge in [-0.15, -0.1) is 0 Å². The highest BCUT2D eigenvalue weighted by molar-refractivity contribution is 5.80. The molecule has 0 aromatic carbocycles. The Hall–Kier alpha value is -1.23. The minimum Gasteiger partial charge on any atom is -0.432 e. The maximum Gasteiger partial charge on any atom is 0.317 e. The van der Waals surface area contributed by atoms with Crippen molar-refractivity contribution in [3.8, 4) is 0 Å². The van der Waals surface area contributed by atoms with Gasteiger partial charge in [-0.2, -0.15) is 0 Å². The number of carbonyl (C=O) groups excluding carboxylic acids is 1. The molecule has 18 atom stereocenters. The number of fused-ring (bicyclic) bond motifs is 7. The van der Waals surface area contributed by atoms with Gasteiger partial charge in [0.1, 0.15) is 48.1 Å². The van der Waals surface area contributed by atoms with Crippen LogP contribution in [0.2, 0.25) is 0 Å². The first-order chi connectivity index (χ1) is 25.1. The van der Waals surface area contributed by atoms with Crippen molar-refractivity contribution in [3.05, 3.63) is 11.6 Å². The van der Waals surface area contributed by atoms with E-state index in [1.54, 1.807) is 0 Å². The maximum atomic E-state index is 14.5. The summed E-state index contributed by atoms with van der Waals surface area (Å²) in [6.07, 6.45) is -5.20. The van der Waals surface area contributed by atoms with Crippen LogP contribution in [0.25, 0.3) is 0 Å². The average Bonchev–Trinajstić information content (AvgIpc) is 3.09. The van der Waals surface area contributed by atoms with Crippen molar-refractivity contribution >= 4 is 5.97 Å². The molecule has 308 valence electrons. The highest BCUT2D eigenvalue weighted by Crippen LogP contribution is 2.76. The van der Waals surface area contributed by atoms with Crippen LogP contribution >= 0.6 is 0 Å². The van der Waals surface area contributed by atoms with Crippen molar-refractivity contribution < 1.29 is 64.6 Å². The number of allylic oxidation sites excluding steroid dienone is 2. The van der Waals surface area contributed by atoms with E-state index in [4.69, 9.17) is 18.9 Å². The standard InChI is InChI=1S/C41H66O13/c1-36(2)14-15-41(35(50)54-33-31(48)28(45)22(43)19-51-33)21(16-36)20-8-9-25-38(5)12-11-27(53-34-32(49)30(47)29(46)23(18-42)52-34)37(3,4)24(38)10-13-39(25,6)40(20,7)17-26(41)44/h8,21-34,42-49H,9-19H2,1-7H3/t21-,22-,23+,24-,25+,26+,27-,28-,29+,30-,31+,32+,33-,34-,38-,39+,40+,41+/m0/s1. The fourth-order valence-corrected chi connectivity index (χ4v) is 13.4. The van der Waals surface area contributed by atoms with Gasteiger partial charge in [0.25, 0.3) is 0 Å². The van der Waals surface area contributed by atoms with Gasteiger partial charge in [0.2, 0.25) is 6.29 Å². The topological polar surface area (TPSA) is 216 Å². The molecule has 2 aliphatic heterocycles. The molecule has 0 radical (unpaired) electrons. The van der Waals surface area contributed by atoms with E-state index in [1.807, 2.05) is 0 Å². The second kappa shape index (κ2) is 13.7. The molecule has 2 heterocycles. The number of rotatable bonds is 5. The molecule has 4 saturated carbocycles. The first-order valence-electron chi connectivity index (χ1n) is 20.3. The lowest BCUT2D eigenvalue weighted by molar-refractivity contribution is -0.330. The first-order valence-corrected chi connectivity index (χ1v) is 20.3. The molecule has 13 nitrogen and oxygen atoms in total. The minimum absolute atomic E-state index is 0.0981. The smallest absolute Gasteiger partial charge is 0.317 e. The molecule has 2 saturated heterocycles. The van der Waals surface area contributed by atoms with E-state index in [1.165, 1.54) is 5.57 Å². The Bertz CT molecular complexity index is 1470. The molecular weight excluding hydrogens is 700 g/mol. The average molecular weight is 767 g/mol. The van der Waals surface area contributed by atoms with Gasteiger partial charge in [-0.1, -0.05) is 60.1 Å². The molecule has 0 unspecified atom stereocenters. The van der Waals surface area contributed by atoms with Gasteiger partial charge in [-0.3, -0.25) is 4.79 Å². The zero-order chi connectivity index (χ0) is 39.6. The van der Waals surface area contributed by atoms with Gasteiger partial charge in [-0.05, 0) is 103 Å². The molecule has 0 aromatic rings.